The van der Waals surface area contributed by atoms with E-state index in [1.54, 1.807) is 26.8 Å². The summed E-state index contributed by atoms with van der Waals surface area (Å²) in [5.41, 5.74) is 5.62. The molecule has 2 rings (SSSR count). The second-order valence-corrected chi connectivity index (χ2v) is 5.75. The number of hydrogen-bond acceptors (Lipinski definition) is 4. The Bertz CT molecular complexity index is 478. The number of hydrogen-bond donors (Lipinski definition) is 2. The van der Waals surface area contributed by atoms with Gasteiger partial charge in [0.2, 0.25) is 0 Å². The van der Waals surface area contributed by atoms with Crippen molar-refractivity contribution >= 4 is 5.97 Å². The minimum absolute atomic E-state index is 0.381. The van der Waals surface area contributed by atoms with Crippen molar-refractivity contribution in [3.63, 3.8) is 0 Å². The van der Waals surface area contributed by atoms with Crippen LogP contribution >= 0.6 is 0 Å². The summed E-state index contributed by atoms with van der Waals surface area (Å²) in [5, 5.41) is 10.1. The third-order valence-electron chi connectivity index (χ3n) is 3.14. The third-order valence-corrected chi connectivity index (χ3v) is 3.14. The van der Waals surface area contributed by atoms with Crippen LogP contribution in [0.5, 0.6) is 0 Å². The Kier molecular flexibility index (Phi) is 2.95. The molecular formula is C14H19NO3. The van der Waals surface area contributed by atoms with Crippen LogP contribution in [0.3, 0.4) is 0 Å². The van der Waals surface area contributed by atoms with Crippen LogP contribution in [0.1, 0.15) is 31.9 Å². The summed E-state index contributed by atoms with van der Waals surface area (Å²) in [6, 6.07) is 7.32. The molecule has 0 aliphatic heterocycles. The molecule has 98 valence electrons. The molecule has 2 atom stereocenters. The van der Waals surface area contributed by atoms with Crippen molar-refractivity contribution in [1.82, 2.24) is 0 Å². The van der Waals surface area contributed by atoms with Gasteiger partial charge in [-0.25, -0.2) is 4.79 Å². The number of aliphatic hydroxyl groups is 1. The number of aliphatic hydroxyl groups excluding tert-OH is 1. The molecule has 18 heavy (non-hydrogen) atoms. The Balaban J connectivity index is 2.39. The number of carbonyl (C=O) groups excluding carboxylic acids is 1. The molecular weight excluding hydrogens is 230 g/mol. The van der Waals surface area contributed by atoms with Gasteiger partial charge in [-0.15, -0.1) is 0 Å². The molecule has 1 aliphatic carbocycles. The largest absolute Gasteiger partial charge is 0.458 e. The summed E-state index contributed by atoms with van der Waals surface area (Å²) in [7, 11) is 0. The van der Waals surface area contributed by atoms with Gasteiger partial charge in [-0.05, 0) is 31.9 Å². The van der Waals surface area contributed by atoms with Crippen LogP contribution in [0.15, 0.2) is 24.3 Å². The highest BCUT2D eigenvalue weighted by atomic mass is 16.6. The number of esters is 1. The Labute approximate surface area is 107 Å². The van der Waals surface area contributed by atoms with E-state index in [-0.39, 0.29) is 0 Å². The summed E-state index contributed by atoms with van der Waals surface area (Å²) >= 11 is 0. The molecule has 0 saturated heterocycles. The second kappa shape index (κ2) is 4.07. The van der Waals surface area contributed by atoms with Gasteiger partial charge in [0.05, 0.1) is 6.10 Å². The van der Waals surface area contributed by atoms with E-state index < -0.39 is 23.2 Å². The van der Waals surface area contributed by atoms with Gasteiger partial charge < -0.3 is 15.6 Å². The normalized spacial score (nSPS) is 26.8. The molecule has 4 heteroatoms. The number of fused-ring (bicyclic) bond motifs is 1. The van der Waals surface area contributed by atoms with Crippen molar-refractivity contribution in [1.29, 1.82) is 0 Å². The van der Waals surface area contributed by atoms with Crippen LogP contribution in [-0.4, -0.2) is 22.8 Å². The van der Waals surface area contributed by atoms with E-state index in [2.05, 4.69) is 0 Å². The third kappa shape index (κ3) is 2.02. The average molecular weight is 249 g/mol. The molecule has 0 fully saturated rings. The van der Waals surface area contributed by atoms with Gasteiger partial charge in [-0.3, -0.25) is 0 Å². The van der Waals surface area contributed by atoms with Gasteiger partial charge in [-0.2, -0.15) is 0 Å². The van der Waals surface area contributed by atoms with E-state index in [9.17, 15) is 9.90 Å². The summed E-state index contributed by atoms with van der Waals surface area (Å²) in [5.74, 6) is -0.576. The second-order valence-electron chi connectivity index (χ2n) is 5.75. The first-order valence-electron chi connectivity index (χ1n) is 6.04. The lowest BCUT2D eigenvalue weighted by Gasteiger charge is -2.31. The molecule has 0 unspecified atom stereocenters. The van der Waals surface area contributed by atoms with Crippen molar-refractivity contribution in [3.8, 4) is 0 Å². The Hall–Kier alpha value is -1.39. The Morgan fingerprint density at radius 3 is 2.67 bits per heavy atom. The molecule has 1 aromatic carbocycles. The van der Waals surface area contributed by atoms with Gasteiger partial charge in [0, 0.05) is 6.42 Å². The number of carbonyl (C=O) groups is 1. The highest BCUT2D eigenvalue weighted by molar-refractivity contribution is 5.85. The zero-order valence-corrected chi connectivity index (χ0v) is 10.9. The van der Waals surface area contributed by atoms with Crippen LogP contribution in [0.2, 0.25) is 0 Å². The smallest absolute Gasteiger partial charge is 0.334 e. The minimum Gasteiger partial charge on any atom is -0.458 e. The van der Waals surface area contributed by atoms with Crippen molar-refractivity contribution in [2.75, 3.05) is 0 Å². The van der Waals surface area contributed by atoms with Gasteiger partial charge >= 0.3 is 5.97 Å². The highest BCUT2D eigenvalue weighted by Gasteiger charge is 2.51. The van der Waals surface area contributed by atoms with Crippen molar-refractivity contribution in [2.45, 2.75) is 44.4 Å². The van der Waals surface area contributed by atoms with Crippen LogP contribution in [0, 0.1) is 0 Å². The van der Waals surface area contributed by atoms with E-state index in [0.29, 0.717) is 12.0 Å². The van der Waals surface area contributed by atoms with Crippen LogP contribution < -0.4 is 5.73 Å². The zero-order chi connectivity index (χ0) is 13.6. The van der Waals surface area contributed by atoms with Crippen molar-refractivity contribution < 1.29 is 14.6 Å². The first-order chi connectivity index (χ1) is 8.25. The summed E-state index contributed by atoms with van der Waals surface area (Å²) < 4.78 is 5.33. The molecule has 0 amide bonds. The van der Waals surface area contributed by atoms with E-state index in [1.807, 2.05) is 18.2 Å². The zero-order valence-electron chi connectivity index (χ0n) is 10.9. The van der Waals surface area contributed by atoms with Gasteiger partial charge in [0.15, 0.2) is 5.54 Å². The summed E-state index contributed by atoms with van der Waals surface area (Å²) in [6.07, 6.45) is -0.559. The Morgan fingerprint density at radius 2 is 2.06 bits per heavy atom. The lowest BCUT2D eigenvalue weighted by molar-refractivity contribution is -0.166. The molecule has 0 bridgehead atoms. The quantitative estimate of drug-likeness (QED) is 0.731. The summed E-state index contributed by atoms with van der Waals surface area (Å²) in [6.45, 7) is 5.34. The molecule has 4 nitrogen and oxygen atoms in total. The van der Waals surface area contributed by atoms with Crippen LogP contribution in [0.25, 0.3) is 0 Å². The predicted octanol–water partition coefficient (Wildman–Crippen LogP) is 1.10. The topological polar surface area (TPSA) is 72.5 Å². The number of benzene rings is 1. The SMILES string of the molecule is CC(C)(C)OC(=O)[C@@]1(N)c2ccccc2C[C@@H]1O. The van der Waals surface area contributed by atoms with E-state index >= 15 is 0 Å². The van der Waals surface area contributed by atoms with Gasteiger partial charge in [-0.1, -0.05) is 24.3 Å². The van der Waals surface area contributed by atoms with Crippen molar-refractivity contribution in [2.24, 2.45) is 5.73 Å². The lowest BCUT2D eigenvalue weighted by Crippen LogP contribution is -2.54. The van der Waals surface area contributed by atoms with E-state index in [1.165, 1.54) is 0 Å². The molecule has 0 saturated carbocycles. The molecule has 0 radical (unpaired) electrons. The number of rotatable bonds is 1. The predicted molar refractivity (Wildman–Crippen MR) is 67.9 cm³/mol. The molecule has 1 aliphatic rings. The average Bonchev–Trinajstić information content (AvgIpc) is 2.51. The fourth-order valence-corrected chi connectivity index (χ4v) is 2.26. The molecule has 3 N–H and O–H groups in total. The van der Waals surface area contributed by atoms with E-state index in [0.717, 1.165) is 5.56 Å². The van der Waals surface area contributed by atoms with Gasteiger partial charge in [0.1, 0.15) is 5.60 Å². The monoisotopic (exact) mass is 249 g/mol. The molecule has 0 spiro atoms. The first kappa shape index (κ1) is 13.1. The molecule has 0 aromatic heterocycles. The maximum atomic E-state index is 12.2. The fraction of sp³-hybridized carbons (Fsp3) is 0.500. The van der Waals surface area contributed by atoms with Gasteiger partial charge in [0.25, 0.3) is 0 Å². The van der Waals surface area contributed by atoms with E-state index in [4.69, 9.17) is 10.5 Å². The number of nitrogens with two attached hydrogens (primary N) is 1. The molecule has 0 heterocycles. The highest BCUT2D eigenvalue weighted by Crippen LogP contribution is 2.36. The Morgan fingerprint density at radius 1 is 1.44 bits per heavy atom. The standard InChI is InChI=1S/C14H19NO3/c1-13(2,3)18-12(17)14(15)10-7-5-4-6-9(10)8-11(14)16/h4-7,11,16H,8,15H2,1-3H3/t11-,14+/m0/s1. The molecule has 1 aromatic rings. The minimum atomic E-state index is -1.45. The lowest BCUT2D eigenvalue weighted by atomic mass is 9.91. The fourth-order valence-electron chi connectivity index (χ4n) is 2.26. The van der Waals surface area contributed by atoms with Crippen molar-refractivity contribution in [3.05, 3.63) is 35.4 Å². The number of ether oxygens (including phenoxy) is 1. The maximum absolute atomic E-state index is 12.2. The van der Waals surface area contributed by atoms with Crippen LogP contribution in [-0.2, 0) is 21.5 Å². The maximum Gasteiger partial charge on any atom is 0.334 e. The summed E-state index contributed by atoms with van der Waals surface area (Å²) in [4.78, 5) is 12.2. The first-order valence-corrected chi connectivity index (χ1v) is 6.04. The van der Waals surface area contributed by atoms with Crippen LogP contribution in [0.4, 0.5) is 0 Å².